The van der Waals surface area contributed by atoms with Gasteiger partial charge >= 0.3 is 0 Å². The minimum atomic E-state index is 0.0956. The summed E-state index contributed by atoms with van der Waals surface area (Å²) in [5.74, 6) is 2.16. The van der Waals surface area contributed by atoms with E-state index >= 15 is 0 Å². The van der Waals surface area contributed by atoms with Gasteiger partial charge in [-0.1, -0.05) is 82.2 Å². The molecule has 0 radical (unpaired) electrons. The first kappa shape index (κ1) is 24.0. The van der Waals surface area contributed by atoms with Crippen LogP contribution in [0.5, 0.6) is 0 Å². The molecule has 0 saturated heterocycles. The molecule has 0 aromatic heterocycles. The van der Waals surface area contributed by atoms with E-state index in [1.165, 1.54) is 24.0 Å². The van der Waals surface area contributed by atoms with Crippen LogP contribution in [0.15, 0.2) is 23.2 Å². The molecule has 0 saturated carbocycles. The molecule has 1 atom stereocenters. The van der Waals surface area contributed by atoms with E-state index in [0.29, 0.717) is 18.4 Å². The van der Waals surface area contributed by atoms with Crippen molar-refractivity contribution in [2.45, 2.75) is 106 Å². The lowest BCUT2D eigenvalue weighted by Gasteiger charge is -2.36. The molecule has 0 fully saturated rings. The van der Waals surface area contributed by atoms with E-state index in [2.05, 4.69) is 94.4 Å². The van der Waals surface area contributed by atoms with Crippen LogP contribution in [-0.4, -0.2) is 18.5 Å². The standard InChI is InChI=1S/C27H45NO/c1-18(2)15-27(11,16-19(3)4)23-17-29-24(28-23)20-12-21(25(5,6)7)14-22(13-20)26(8,9)10/h12-14,18-19,23H,15-17H2,1-11H3. The first-order valence-corrected chi connectivity index (χ1v) is 11.5. The largest absolute Gasteiger partial charge is 0.475 e. The minimum absolute atomic E-state index is 0.0956. The average molecular weight is 400 g/mol. The number of ether oxygens (including phenoxy) is 1. The van der Waals surface area contributed by atoms with Crippen molar-refractivity contribution in [3.8, 4) is 0 Å². The summed E-state index contributed by atoms with van der Waals surface area (Å²) in [6.45, 7) is 26.1. The van der Waals surface area contributed by atoms with Gasteiger partial charge in [-0.15, -0.1) is 0 Å². The zero-order valence-electron chi connectivity index (χ0n) is 20.9. The SMILES string of the molecule is CC(C)CC(C)(CC(C)C)C1COC(c2cc(C(C)(C)C)cc(C(C)(C)C)c2)=N1. The zero-order valence-corrected chi connectivity index (χ0v) is 20.9. The third kappa shape index (κ3) is 6.09. The van der Waals surface area contributed by atoms with Gasteiger partial charge in [0.05, 0.1) is 6.04 Å². The quantitative estimate of drug-likeness (QED) is 0.484. The average Bonchev–Trinajstić information content (AvgIpc) is 3.02. The monoisotopic (exact) mass is 399 g/mol. The third-order valence-corrected chi connectivity index (χ3v) is 6.12. The van der Waals surface area contributed by atoms with Gasteiger partial charge in [0.25, 0.3) is 0 Å². The molecule has 0 spiro atoms. The van der Waals surface area contributed by atoms with Crippen molar-refractivity contribution < 1.29 is 4.74 Å². The van der Waals surface area contributed by atoms with Gasteiger partial charge < -0.3 is 4.74 Å². The predicted octanol–water partition coefficient (Wildman–Crippen LogP) is 7.53. The molecule has 1 heterocycles. The fraction of sp³-hybridized carbons (Fsp3) is 0.741. The van der Waals surface area contributed by atoms with E-state index in [-0.39, 0.29) is 22.3 Å². The van der Waals surface area contributed by atoms with E-state index in [0.717, 1.165) is 11.5 Å². The summed E-state index contributed by atoms with van der Waals surface area (Å²) in [6.07, 6.45) is 2.37. The van der Waals surface area contributed by atoms with E-state index in [9.17, 15) is 0 Å². The molecular formula is C27H45NO. The highest BCUT2D eigenvalue weighted by Gasteiger charge is 2.39. The fourth-order valence-corrected chi connectivity index (χ4v) is 4.73. The molecule has 1 aromatic rings. The number of benzene rings is 1. The lowest BCUT2D eigenvalue weighted by Crippen LogP contribution is -2.35. The topological polar surface area (TPSA) is 21.6 Å². The molecular weight excluding hydrogens is 354 g/mol. The molecule has 0 amide bonds. The first-order valence-electron chi connectivity index (χ1n) is 11.5. The highest BCUT2D eigenvalue weighted by Crippen LogP contribution is 2.41. The van der Waals surface area contributed by atoms with E-state index < -0.39 is 0 Å². The van der Waals surface area contributed by atoms with Gasteiger partial charge in [0, 0.05) is 5.56 Å². The molecule has 0 N–H and O–H groups in total. The van der Waals surface area contributed by atoms with Crippen molar-refractivity contribution in [2.75, 3.05) is 6.61 Å². The normalized spacial score (nSPS) is 18.4. The molecule has 1 aliphatic heterocycles. The molecule has 2 rings (SSSR count). The zero-order chi connectivity index (χ0) is 22.2. The van der Waals surface area contributed by atoms with Crippen LogP contribution in [0.2, 0.25) is 0 Å². The Kier molecular flexibility index (Phi) is 6.97. The van der Waals surface area contributed by atoms with Gasteiger partial charge in [-0.25, -0.2) is 4.99 Å². The Morgan fingerprint density at radius 1 is 0.828 bits per heavy atom. The van der Waals surface area contributed by atoms with Gasteiger partial charge in [-0.2, -0.15) is 0 Å². The van der Waals surface area contributed by atoms with Crippen LogP contribution in [0.1, 0.15) is 106 Å². The molecule has 1 aliphatic rings. The molecule has 29 heavy (non-hydrogen) atoms. The Morgan fingerprint density at radius 3 is 1.66 bits per heavy atom. The third-order valence-electron chi connectivity index (χ3n) is 6.12. The predicted molar refractivity (Wildman–Crippen MR) is 127 cm³/mol. The van der Waals surface area contributed by atoms with Crippen molar-refractivity contribution in [3.63, 3.8) is 0 Å². The lowest BCUT2D eigenvalue weighted by atomic mass is 9.71. The van der Waals surface area contributed by atoms with Crippen LogP contribution in [0, 0.1) is 17.3 Å². The molecule has 1 aromatic carbocycles. The fourth-order valence-electron chi connectivity index (χ4n) is 4.73. The Balaban J connectivity index is 2.47. The summed E-state index contributed by atoms with van der Waals surface area (Å²) in [4.78, 5) is 5.18. The van der Waals surface area contributed by atoms with Crippen LogP contribution in [0.25, 0.3) is 0 Å². The molecule has 2 heteroatoms. The Bertz CT molecular complexity index is 686. The maximum absolute atomic E-state index is 6.25. The van der Waals surface area contributed by atoms with Gasteiger partial charge in [-0.3, -0.25) is 0 Å². The highest BCUT2D eigenvalue weighted by atomic mass is 16.5. The first-order chi connectivity index (χ1) is 13.1. The molecule has 2 nitrogen and oxygen atoms in total. The summed E-state index contributed by atoms with van der Waals surface area (Å²) in [6, 6.07) is 7.17. The van der Waals surface area contributed by atoms with E-state index in [1.54, 1.807) is 0 Å². The minimum Gasteiger partial charge on any atom is -0.475 e. The lowest BCUT2D eigenvalue weighted by molar-refractivity contribution is 0.138. The van der Waals surface area contributed by atoms with E-state index in [1.807, 2.05) is 0 Å². The summed E-state index contributed by atoms with van der Waals surface area (Å²) in [5.41, 5.74) is 4.21. The van der Waals surface area contributed by atoms with Crippen molar-refractivity contribution >= 4 is 5.90 Å². The van der Waals surface area contributed by atoms with Crippen LogP contribution in [0.4, 0.5) is 0 Å². The van der Waals surface area contributed by atoms with Crippen LogP contribution >= 0.6 is 0 Å². The van der Waals surface area contributed by atoms with Gasteiger partial charge in [0.2, 0.25) is 5.90 Å². The highest BCUT2D eigenvalue weighted by molar-refractivity contribution is 5.95. The summed E-state index contributed by atoms with van der Waals surface area (Å²) in [7, 11) is 0. The molecule has 164 valence electrons. The smallest absolute Gasteiger partial charge is 0.216 e. The van der Waals surface area contributed by atoms with Gasteiger partial charge in [0.15, 0.2) is 0 Å². The summed E-state index contributed by atoms with van der Waals surface area (Å²) < 4.78 is 6.25. The number of rotatable bonds is 6. The van der Waals surface area contributed by atoms with Crippen molar-refractivity contribution in [1.82, 2.24) is 0 Å². The van der Waals surface area contributed by atoms with Crippen molar-refractivity contribution in [3.05, 3.63) is 34.9 Å². The second-order valence-electron chi connectivity index (χ2n) is 12.4. The maximum atomic E-state index is 6.25. The molecule has 1 unspecified atom stereocenters. The van der Waals surface area contributed by atoms with Gasteiger partial charge in [-0.05, 0) is 64.2 Å². The van der Waals surface area contributed by atoms with Gasteiger partial charge in [0.1, 0.15) is 6.61 Å². The second-order valence-corrected chi connectivity index (χ2v) is 12.4. The van der Waals surface area contributed by atoms with Crippen molar-refractivity contribution in [1.29, 1.82) is 0 Å². The van der Waals surface area contributed by atoms with E-state index in [4.69, 9.17) is 9.73 Å². The number of aliphatic imine (C=N–C) groups is 1. The summed E-state index contributed by atoms with van der Waals surface area (Å²) >= 11 is 0. The van der Waals surface area contributed by atoms with Crippen LogP contribution in [0.3, 0.4) is 0 Å². The maximum Gasteiger partial charge on any atom is 0.216 e. The molecule has 0 bridgehead atoms. The molecule has 0 aliphatic carbocycles. The van der Waals surface area contributed by atoms with Crippen LogP contribution < -0.4 is 0 Å². The Morgan fingerprint density at radius 2 is 1.28 bits per heavy atom. The number of nitrogens with zero attached hydrogens (tertiary/aromatic N) is 1. The second kappa shape index (κ2) is 8.44. The Labute approximate surface area is 180 Å². The van der Waals surface area contributed by atoms with Crippen molar-refractivity contribution in [2.24, 2.45) is 22.2 Å². The van der Waals surface area contributed by atoms with Crippen LogP contribution in [-0.2, 0) is 15.6 Å². The summed E-state index contributed by atoms with van der Waals surface area (Å²) in [5, 5.41) is 0. The number of hydrogen-bond acceptors (Lipinski definition) is 2. The Hall–Kier alpha value is -1.31. The number of hydrogen-bond donors (Lipinski definition) is 0.